The van der Waals surface area contributed by atoms with E-state index in [0.717, 1.165) is 0 Å². The lowest BCUT2D eigenvalue weighted by atomic mass is 10.2. The van der Waals surface area contributed by atoms with Gasteiger partial charge in [0.25, 0.3) is 0 Å². The molecule has 0 saturated carbocycles. The van der Waals surface area contributed by atoms with Crippen LogP contribution in [0.4, 0.5) is 0 Å². The molecule has 2 rings (SSSR count). The molecule has 2 aliphatic heterocycles. The quantitative estimate of drug-likeness (QED) is 0.622. The number of nitrogens with zero attached hydrogens (tertiary/aromatic N) is 2. The Bertz CT molecular complexity index is 339. The molecule has 0 spiro atoms. The van der Waals surface area contributed by atoms with E-state index in [-0.39, 0.29) is 12.4 Å². The molecule has 3 heteroatoms. The molecule has 0 bridgehead atoms. The second-order valence-corrected chi connectivity index (χ2v) is 3.39. The summed E-state index contributed by atoms with van der Waals surface area (Å²) < 4.78 is 0. The molecule has 0 N–H and O–H groups in total. The van der Waals surface area contributed by atoms with E-state index in [9.17, 15) is 0 Å². The summed E-state index contributed by atoms with van der Waals surface area (Å²) in [7, 11) is 4.12. The lowest BCUT2D eigenvalue weighted by Gasteiger charge is -2.26. The van der Waals surface area contributed by atoms with Crippen molar-refractivity contribution in [2.45, 2.75) is 0 Å². The summed E-state index contributed by atoms with van der Waals surface area (Å²) in [6, 6.07) is 0. The molecule has 0 saturated heterocycles. The van der Waals surface area contributed by atoms with Crippen molar-refractivity contribution in [2.75, 3.05) is 14.1 Å². The first-order valence-corrected chi connectivity index (χ1v) is 4.69. The molecule has 0 fully saturated rings. The SMILES string of the molecule is CN1C=CC=CC1=C1C=CC=CN1C.Cl. The topological polar surface area (TPSA) is 6.48 Å². The largest absolute Gasteiger partial charge is 0.349 e. The molecular weight excluding hydrogens is 208 g/mol. The molecule has 0 aromatic heterocycles. The van der Waals surface area contributed by atoms with Crippen molar-refractivity contribution < 1.29 is 0 Å². The van der Waals surface area contributed by atoms with Gasteiger partial charge in [-0.25, -0.2) is 0 Å². The number of rotatable bonds is 0. The van der Waals surface area contributed by atoms with Crippen LogP contribution in [0.2, 0.25) is 0 Å². The molecule has 0 amide bonds. The summed E-state index contributed by atoms with van der Waals surface area (Å²) in [4.78, 5) is 4.24. The maximum absolute atomic E-state index is 2.12. The Kier molecular flexibility index (Phi) is 3.81. The van der Waals surface area contributed by atoms with Crippen molar-refractivity contribution in [1.29, 1.82) is 0 Å². The van der Waals surface area contributed by atoms with Gasteiger partial charge in [-0.05, 0) is 24.3 Å². The maximum atomic E-state index is 2.12. The summed E-state index contributed by atoms with van der Waals surface area (Å²) in [5.74, 6) is 0. The van der Waals surface area contributed by atoms with Crippen LogP contribution in [0, 0.1) is 0 Å². The lowest BCUT2D eigenvalue weighted by molar-refractivity contribution is 0.514. The van der Waals surface area contributed by atoms with E-state index in [0.29, 0.717) is 0 Å². The highest BCUT2D eigenvalue weighted by molar-refractivity contribution is 5.85. The molecule has 15 heavy (non-hydrogen) atoms. The maximum Gasteiger partial charge on any atom is 0.0644 e. The van der Waals surface area contributed by atoms with E-state index in [1.807, 2.05) is 12.2 Å². The Balaban J connectivity index is 0.00000112. The van der Waals surface area contributed by atoms with Crippen molar-refractivity contribution in [3.63, 3.8) is 0 Å². The first-order valence-electron chi connectivity index (χ1n) is 4.69. The average molecular weight is 223 g/mol. The zero-order chi connectivity index (χ0) is 9.97. The standard InChI is InChI=1S/C12H14N2.ClH/c1-13-9-5-3-7-11(13)12-8-4-6-10-14(12)2;/h3-10H,1-2H3;1H. The van der Waals surface area contributed by atoms with Crippen LogP contribution >= 0.6 is 12.4 Å². The monoisotopic (exact) mass is 222 g/mol. The molecule has 0 aromatic carbocycles. The van der Waals surface area contributed by atoms with Crippen molar-refractivity contribution >= 4 is 12.4 Å². The van der Waals surface area contributed by atoms with Crippen LogP contribution in [0.5, 0.6) is 0 Å². The van der Waals surface area contributed by atoms with E-state index < -0.39 is 0 Å². The van der Waals surface area contributed by atoms with E-state index in [2.05, 4.69) is 60.6 Å². The molecule has 0 radical (unpaired) electrons. The summed E-state index contributed by atoms with van der Waals surface area (Å²) in [5, 5.41) is 0. The second kappa shape index (κ2) is 4.89. The highest BCUT2D eigenvalue weighted by Crippen LogP contribution is 2.20. The van der Waals surface area contributed by atoms with Gasteiger partial charge in [-0.15, -0.1) is 12.4 Å². The highest BCUT2D eigenvalue weighted by atomic mass is 35.5. The van der Waals surface area contributed by atoms with Crippen LogP contribution in [0.15, 0.2) is 60.3 Å². The minimum atomic E-state index is 0. The zero-order valence-corrected chi connectivity index (χ0v) is 9.74. The van der Waals surface area contributed by atoms with Crippen molar-refractivity contribution in [1.82, 2.24) is 9.80 Å². The fourth-order valence-corrected chi connectivity index (χ4v) is 1.58. The van der Waals surface area contributed by atoms with Gasteiger partial charge in [0.15, 0.2) is 0 Å². The number of hydrogen-bond acceptors (Lipinski definition) is 2. The number of hydrogen-bond donors (Lipinski definition) is 0. The molecular formula is C12H15ClN2. The van der Waals surface area contributed by atoms with E-state index in [1.54, 1.807) is 0 Å². The minimum absolute atomic E-state index is 0. The third-order valence-corrected chi connectivity index (χ3v) is 2.37. The van der Waals surface area contributed by atoms with Gasteiger partial charge >= 0.3 is 0 Å². The van der Waals surface area contributed by atoms with Crippen LogP contribution in [0.3, 0.4) is 0 Å². The lowest BCUT2D eigenvalue weighted by Crippen LogP contribution is -2.20. The molecule has 0 aliphatic carbocycles. The third-order valence-electron chi connectivity index (χ3n) is 2.37. The van der Waals surface area contributed by atoms with Crippen LogP contribution < -0.4 is 0 Å². The third kappa shape index (κ3) is 2.34. The first-order chi connectivity index (χ1) is 6.79. The van der Waals surface area contributed by atoms with Crippen molar-refractivity contribution in [3.05, 3.63) is 60.3 Å². The fraction of sp³-hybridized carbons (Fsp3) is 0.167. The zero-order valence-electron chi connectivity index (χ0n) is 8.92. The number of likely N-dealkylation sites (N-methyl/N-ethyl adjacent to an activating group) is 2. The molecule has 2 heterocycles. The van der Waals surface area contributed by atoms with Gasteiger partial charge < -0.3 is 9.80 Å². The second-order valence-electron chi connectivity index (χ2n) is 3.39. The van der Waals surface area contributed by atoms with E-state index in [4.69, 9.17) is 0 Å². The molecule has 0 atom stereocenters. The number of allylic oxidation sites excluding steroid dienone is 6. The Morgan fingerprint density at radius 3 is 1.47 bits per heavy atom. The minimum Gasteiger partial charge on any atom is -0.349 e. The predicted octanol–water partition coefficient (Wildman–Crippen LogP) is 2.65. The van der Waals surface area contributed by atoms with Gasteiger partial charge in [-0.2, -0.15) is 0 Å². The molecule has 0 aromatic rings. The highest BCUT2D eigenvalue weighted by Gasteiger charge is 2.10. The van der Waals surface area contributed by atoms with Gasteiger partial charge in [0, 0.05) is 26.5 Å². The molecule has 2 nitrogen and oxygen atoms in total. The Morgan fingerprint density at radius 2 is 1.13 bits per heavy atom. The molecule has 0 unspecified atom stereocenters. The van der Waals surface area contributed by atoms with Gasteiger partial charge in [0.05, 0.1) is 11.4 Å². The summed E-state index contributed by atoms with van der Waals surface area (Å²) in [6.07, 6.45) is 16.5. The van der Waals surface area contributed by atoms with Crippen molar-refractivity contribution in [2.24, 2.45) is 0 Å². The Morgan fingerprint density at radius 1 is 0.733 bits per heavy atom. The Hall–Kier alpha value is -1.41. The van der Waals surface area contributed by atoms with E-state index in [1.165, 1.54) is 11.4 Å². The van der Waals surface area contributed by atoms with Gasteiger partial charge in [-0.1, -0.05) is 12.2 Å². The molecule has 2 aliphatic rings. The van der Waals surface area contributed by atoms with Crippen LogP contribution in [-0.4, -0.2) is 23.9 Å². The summed E-state index contributed by atoms with van der Waals surface area (Å²) >= 11 is 0. The normalized spacial score (nSPS) is 23.3. The van der Waals surface area contributed by atoms with Gasteiger partial charge in [0.1, 0.15) is 0 Å². The Labute approximate surface area is 97.0 Å². The van der Waals surface area contributed by atoms with Gasteiger partial charge in [0.2, 0.25) is 0 Å². The van der Waals surface area contributed by atoms with Crippen LogP contribution in [0.25, 0.3) is 0 Å². The molecule has 80 valence electrons. The smallest absolute Gasteiger partial charge is 0.0644 e. The van der Waals surface area contributed by atoms with E-state index >= 15 is 0 Å². The summed E-state index contributed by atoms with van der Waals surface area (Å²) in [5.41, 5.74) is 2.44. The van der Waals surface area contributed by atoms with Crippen LogP contribution in [0.1, 0.15) is 0 Å². The van der Waals surface area contributed by atoms with Crippen molar-refractivity contribution in [3.8, 4) is 0 Å². The summed E-state index contributed by atoms with van der Waals surface area (Å²) in [6.45, 7) is 0. The average Bonchev–Trinajstić information content (AvgIpc) is 2.20. The van der Waals surface area contributed by atoms with Crippen LogP contribution in [-0.2, 0) is 0 Å². The predicted molar refractivity (Wildman–Crippen MR) is 66.4 cm³/mol. The number of halogens is 1. The first kappa shape index (κ1) is 11.7. The fourth-order valence-electron chi connectivity index (χ4n) is 1.58. The van der Waals surface area contributed by atoms with Gasteiger partial charge in [-0.3, -0.25) is 0 Å².